The van der Waals surface area contributed by atoms with Crippen molar-refractivity contribution in [2.45, 2.75) is 56.2 Å². The van der Waals surface area contributed by atoms with Crippen molar-refractivity contribution in [2.24, 2.45) is 0 Å². The van der Waals surface area contributed by atoms with Crippen LogP contribution >= 0.6 is 0 Å². The largest absolute Gasteiger partial charge is 0.507 e. The minimum absolute atomic E-state index is 0.105. The van der Waals surface area contributed by atoms with Gasteiger partial charge in [-0.3, -0.25) is 0 Å². The number of hydrogen-bond acceptors (Lipinski definition) is 4. The monoisotopic (exact) mass is 450 g/mol. The normalized spacial score (nSPS) is 11.5. The summed E-state index contributed by atoms with van der Waals surface area (Å²) in [5, 5.41) is 22.3. The van der Waals surface area contributed by atoms with Crippen LogP contribution in [0, 0.1) is 6.92 Å². The van der Waals surface area contributed by atoms with Crippen LogP contribution in [0.3, 0.4) is 0 Å². The number of benzene rings is 3. The number of phenols is 2. The quantitative estimate of drug-likeness (QED) is 0.376. The van der Waals surface area contributed by atoms with Crippen LogP contribution in [0.4, 0.5) is 0 Å². The zero-order valence-electron chi connectivity index (χ0n) is 18.9. The molecule has 0 spiro atoms. The molecule has 0 aliphatic rings. The third kappa shape index (κ3) is 4.58. The van der Waals surface area contributed by atoms with Gasteiger partial charge in [-0.05, 0) is 61.6 Å². The lowest BCUT2D eigenvalue weighted by Gasteiger charge is -2.19. The Morgan fingerprint density at radius 1 is 1.00 bits per heavy atom. The van der Waals surface area contributed by atoms with Gasteiger partial charge in [-0.15, -0.1) is 0 Å². The van der Waals surface area contributed by atoms with Gasteiger partial charge in [-0.2, -0.15) is 0 Å². The first-order chi connectivity index (χ1) is 15.2. The maximum atomic E-state index is 13.6. The highest BCUT2D eigenvalue weighted by Gasteiger charge is 2.30. The molecule has 0 saturated heterocycles. The minimum Gasteiger partial charge on any atom is -0.507 e. The van der Waals surface area contributed by atoms with Gasteiger partial charge in [0.15, 0.2) is 0 Å². The molecule has 0 radical (unpaired) electrons. The number of sulfone groups is 1. The molecule has 4 nitrogen and oxygen atoms in total. The van der Waals surface area contributed by atoms with E-state index in [9.17, 15) is 18.6 Å². The average molecular weight is 451 g/mol. The van der Waals surface area contributed by atoms with Gasteiger partial charge in [0.25, 0.3) is 0 Å². The van der Waals surface area contributed by atoms with Crippen molar-refractivity contribution in [2.75, 3.05) is 0 Å². The number of hydrogen-bond donors (Lipinski definition) is 2. The second-order valence-corrected chi connectivity index (χ2v) is 10.1. The molecule has 0 bridgehead atoms. The number of phenolic OH excluding ortho intramolecular Hbond substituents is 2. The molecule has 3 aromatic rings. The maximum absolute atomic E-state index is 13.6. The van der Waals surface area contributed by atoms with Gasteiger partial charge in [0.05, 0.1) is 10.5 Å². The second-order valence-electron chi connectivity index (χ2n) is 8.21. The van der Waals surface area contributed by atoms with E-state index in [2.05, 4.69) is 13.5 Å². The molecular formula is C27H30O4S. The number of allylic oxidation sites excluding steroid dienone is 1. The average Bonchev–Trinajstić information content (AvgIpc) is 2.74. The van der Waals surface area contributed by atoms with Gasteiger partial charge in [0.1, 0.15) is 16.4 Å². The summed E-state index contributed by atoms with van der Waals surface area (Å²) >= 11 is 0. The van der Waals surface area contributed by atoms with Crippen LogP contribution in [-0.4, -0.2) is 18.6 Å². The molecule has 0 fully saturated rings. The molecule has 3 rings (SSSR count). The molecular weight excluding hydrogens is 420 g/mol. The molecule has 3 aromatic carbocycles. The first-order valence-electron chi connectivity index (χ1n) is 10.8. The van der Waals surface area contributed by atoms with Crippen LogP contribution in [0.15, 0.2) is 71.0 Å². The zero-order chi connectivity index (χ0) is 23.5. The lowest BCUT2D eigenvalue weighted by atomic mass is 9.91. The van der Waals surface area contributed by atoms with Crippen LogP contribution in [0.5, 0.6) is 11.5 Å². The summed E-state index contributed by atoms with van der Waals surface area (Å²) in [5.74, 6) is -0.567. The Morgan fingerprint density at radius 2 is 1.69 bits per heavy atom. The van der Waals surface area contributed by atoms with Crippen molar-refractivity contribution in [3.8, 4) is 22.6 Å². The fraction of sp³-hybridized carbons (Fsp3) is 0.259. The van der Waals surface area contributed by atoms with Crippen LogP contribution in [0.2, 0.25) is 0 Å². The first-order valence-corrected chi connectivity index (χ1v) is 12.3. The van der Waals surface area contributed by atoms with E-state index in [1.165, 1.54) is 18.2 Å². The summed E-state index contributed by atoms with van der Waals surface area (Å²) in [6, 6.07) is 15.2. The predicted molar refractivity (Wildman–Crippen MR) is 130 cm³/mol. The molecule has 2 N–H and O–H groups in total. The summed E-state index contributed by atoms with van der Waals surface area (Å²) in [7, 11) is -4.01. The van der Waals surface area contributed by atoms with Crippen molar-refractivity contribution in [1.82, 2.24) is 0 Å². The molecule has 168 valence electrons. The van der Waals surface area contributed by atoms with Gasteiger partial charge in [0, 0.05) is 0 Å². The molecule has 0 aromatic heterocycles. The van der Waals surface area contributed by atoms with Crippen LogP contribution in [0.1, 0.15) is 49.8 Å². The Morgan fingerprint density at radius 3 is 2.31 bits per heavy atom. The standard InChI is InChI=1S/C27H30O4S/c1-5-6-8-11-20-17-24(28)25(23-16-19(4)14-15-22(23)18(2)3)26(29)27(20)32(30,31)21-12-9-7-10-13-21/h7,9-10,12-17,28-29H,2,5-6,8,11H2,1,3-4H3. The van der Waals surface area contributed by atoms with Crippen LogP contribution < -0.4 is 0 Å². The van der Waals surface area contributed by atoms with E-state index in [1.807, 2.05) is 32.0 Å². The highest BCUT2D eigenvalue weighted by Crippen LogP contribution is 2.47. The zero-order valence-corrected chi connectivity index (χ0v) is 19.7. The van der Waals surface area contributed by atoms with Crippen molar-refractivity contribution in [3.63, 3.8) is 0 Å². The summed E-state index contributed by atoms with van der Waals surface area (Å²) in [5.41, 5.74) is 3.49. The van der Waals surface area contributed by atoms with Crippen molar-refractivity contribution in [3.05, 3.63) is 77.9 Å². The van der Waals surface area contributed by atoms with Gasteiger partial charge < -0.3 is 10.2 Å². The summed E-state index contributed by atoms with van der Waals surface area (Å²) in [6.45, 7) is 9.81. The molecule has 0 saturated carbocycles. The molecule has 0 aliphatic heterocycles. The summed E-state index contributed by atoms with van der Waals surface area (Å²) in [6.07, 6.45) is 3.10. The minimum atomic E-state index is -4.01. The van der Waals surface area contributed by atoms with E-state index in [-0.39, 0.29) is 21.1 Å². The maximum Gasteiger partial charge on any atom is 0.210 e. The molecule has 0 unspecified atom stereocenters. The summed E-state index contributed by atoms with van der Waals surface area (Å²) < 4.78 is 27.3. The molecule has 0 atom stereocenters. The van der Waals surface area contributed by atoms with Crippen molar-refractivity contribution in [1.29, 1.82) is 0 Å². The second kappa shape index (κ2) is 9.61. The van der Waals surface area contributed by atoms with E-state index in [4.69, 9.17) is 0 Å². The Hall–Kier alpha value is -3.05. The highest BCUT2D eigenvalue weighted by atomic mass is 32.2. The van der Waals surface area contributed by atoms with E-state index in [0.29, 0.717) is 17.5 Å². The Balaban J connectivity index is 2.35. The molecule has 0 amide bonds. The fourth-order valence-electron chi connectivity index (χ4n) is 3.96. The first kappa shape index (κ1) is 23.6. The van der Waals surface area contributed by atoms with Gasteiger partial charge in [-0.1, -0.05) is 73.9 Å². The van der Waals surface area contributed by atoms with Gasteiger partial charge in [0.2, 0.25) is 9.84 Å². The van der Waals surface area contributed by atoms with Gasteiger partial charge in [-0.25, -0.2) is 8.42 Å². The SMILES string of the molecule is C=C(C)c1ccc(C)cc1-c1c(O)cc(CCCCC)c(S(=O)(=O)c2ccccc2)c1O. The third-order valence-electron chi connectivity index (χ3n) is 5.59. The van der Waals surface area contributed by atoms with Gasteiger partial charge >= 0.3 is 0 Å². The van der Waals surface area contributed by atoms with Crippen LogP contribution in [0.25, 0.3) is 16.7 Å². The Bertz CT molecular complexity index is 1240. The topological polar surface area (TPSA) is 74.6 Å². The number of rotatable bonds is 8. The molecule has 32 heavy (non-hydrogen) atoms. The number of unbranched alkanes of at least 4 members (excludes halogenated alkanes) is 2. The Kier molecular flexibility index (Phi) is 7.09. The lowest BCUT2D eigenvalue weighted by Crippen LogP contribution is -2.08. The van der Waals surface area contributed by atoms with Crippen LogP contribution in [-0.2, 0) is 16.3 Å². The number of aryl methyl sites for hydroxylation is 2. The van der Waals surface area contributed by atoms with Crippen molar-refractivity contribution >= 4 is 15.4 Å². The van der Waals surface area contributed by atoms with E-state index in [1.54, 1.807) is 18.2 Å². The van der Waals surface area contributed by atoms with Crippen molar-refractivity contribution < 1.29 is 18.6 Å². The fourth-order valence-corrected chi connectivity index (χ4v) is 5.57. The Labute approximate surface area is 190 Å². The highest BCUT2D eigenvalue weighted by molar-refractivity contribution is 7.91. The molecule has 5 heteroatoms. The molecule has 0 heterocycles. The molecule has 0 aliphatic carbocycles. The van der Waals surface area contributed by atoms with E-state index >= 15 is 0 Å². The third-order valence-corrected chi connectivity index (χ3v) is 7.47. The lowest BCUT2D eigenvalue weighted by molar-refractivity contribution is 0.440. The smallest absolute Gasteiger partial charge is 0.210 e. The predicted octanol–water partition coefficient (Wildman–Crippen LogP) is 6.67. The summed E-state index contributed by atoms with van der Waals surface area (Å²) in [4.78, 5) is -0.0326. The number of aromatic hydroxyl groups is 2. The van der Waals surface area contributed by atoms with E-state index < -0.39 is 15.6 Å². The van der Waals surface area contributed by atoms with E-state index in [0.717, 1.165) is 36.0 Å².